The van der Waals surface area contributed by atoms with Gasteiger partial charge in [0.05, 0.1) is 11.4 Å². The van der Waals surface area contributed by atoms with Crippen LogP contribution in [0.25, 0.3) is 0 Å². The van der Waals surface area contributed by atoms with Crippen molar-refractivity contribution in [3.8, 4) is 0 Å². The van der Waals surface area contributed by atoms with Crippen molar-refractivity contribution < 1.29 is 18.0 Å². The highest BCUT2D eigenvalue weighted by atomic mass is 32.2. The second-order valence-corrected chi connectivity index (χ2v) is 8.64. The molecule has 1 aliphatic rings. The first-order valence-electron chi connectivity index (χ1n) is 8.85. The highest BCUT2D eigenvalue weighted by Crippen LogP contribution is 2.25. The van der Waals surface area contributed by atoms with Crippen LogP contribution in [-0.2, 0) is 14.8 Å². The average molecular weight is 386 g/mol. The lowest BCUT2D eigenvalue weighted by Crippen LogP contribution is -2.25. The minimum Gasteiger partial charge on any atom is -0.326 e. The van der Waals surface area contributed by atoms with Crippen molar-refractivity contribution >= 4 is 33.1 Å². The Morgan fingerprint density at radius 3 is 2.26 bits per heavy atom. The van der Waals surface area contributed by atoms with E-state index in [9.17, 15) is 18.0 Å². The van der Waals surface area contributed by atoms with Gasteiger partial charge in [-0.3, -0.25) is 13.9 Å². The quantitative estimate of drug-likeness (QED) is 0.773. The predicted octanol–water partition coefficient (Wildman–Crippen LogP) is 3.14. The van der Waals surface area contributed by atoms with Crippen molar-refractivity contribution in [3.05, 3.63) is 59.7 Å². The van der Waals surface area contributed by atoms with Gasteiger partial charge in [0.15, 0.2) is 5.78 Å². The molecule has 0 radical (unpaired) electrons. The predicted molar refractivity (Wildman–Crippen MR) is 106 cm³/mol. The van der Waals surface area contributed by atoms with Crippen molar-refractivity contribution in [1.29, 1.82) is 0 Å². The van der Waals surface area contributed by atoms with Gasteiger partial charge in [-0.2, -0.15) is 0 Å². The van der Waals surface area contributed by atoms with E-state index in [1.807, 2.05) is 19.1 Å². The molecule has 0 atom stereocenters. The summed E-state index contributed by atoms with van der Waals surface area (Å²) in [6.07, 6.45) is 0.851. The second-order valence-electron chi connectivity index (χ2n) is 6.63. The number of rotatable bonds is 6. The number of ketones is 1. The number of Topliss-reactive ketones (excluding diaryl/α,β-unsaturated/α-hetero) is 1. The summed E-state index contributed by atoms with van der Waals surface area (Å²) in [6, 6.07) is 14.0. The third kappa shape index (κ3) is 4.74. The number of amides is 1. The summed E-state index contributed by atoms with van der Waals surface area (Å²) in [6.45, 7) is 2.43. The zero-order valence-electron chi connectivity index (χ0n) is 15.1. The van der Waals surface area contributed by atoms with Crippen molar-refractivity contribution in [3.63, 3.8) is 0 Å². The van der Waals surface area contributed by atoms with Gasteiger partial charge in [-0.1, -0.05) is 29.8 Å². The van der Waals surface area contributed by atoms with Crippen LogP contribution in [0.5, 0.6) is 0 Å². The Labute approximate surface area is 159 Å². The molecule has 1 N–H and O–H groups in total. The first-order chi connectivity index (χ1) is 12.8. The Hall–Kier alpha value is -2.67. The fourth-order valence-electron chi connectivity index (χ4n) is 2.97. The summed E-state index contributed by atoms with van der Waals surface area (Å²) < 4.78 is 25.3. The zero-order chi connectivity index (χ0) is 19.4. The van der Waals surface area contributed by atoms with Crippen molar-refractivity contribution in [2.24, 2.45) is 0 Å². The third-order valence-electron chi connectivity index (χ3n) is 4.49. The minimum atomic E-state index is -3.21. The smallest absolute Gasteiger partial charge is 0.235 e. The van der Waals surface area contributed by atoms with Gasteiger partial charge >= 0.3 is 0 Å². The summed E-state index contributed by atoms with van der Waals surface area (Å²) >= 11 is 0. The fraction of sp³-hybridized carbons (Fsp3) is 0.300. The average Bonchev–Trinajstić information content (AvgIpc) is 3.00. The fourth-order valence-corrected chi connectivity index (χ4v) is 4.54. The van der Waals surface area contributed by atoms with E-state index in [0.717, 1.165) is 5.56 Å². The first kappa shape index (κ1) is 19.1. The molecule has 3 rings (SSSR count). The number of sulfonamides is 1. The molecular formula is C20H22N2O4S. The van der Waals surface area contributed by atoms with E-state index in [4.69, 9.17) is 0 Å². The van der Waals surface area contributed by atoms with E-state index in [-0.39, 0.29) is 30.3 Å². The lowest BCUT2D eigenvalue weighted by atomic mass is 10.0. The molecular weight excluding hydrogens is 364 g/mol. The Morgan fingerprint density at radius 1 is 1.00 bits per heavy atom. The van der Waals surface area contributed by atoms with Gasteiger partial charge in [0.1, 0.15) is 0 Å². The van der Waals surface area contributed by atoms with Crippen LogP contribution in [0.3, 0.4) is 0 Å². The van der Waals surface area contributed by atoms with E-state index in [1.54, 1.807) is 36.4 Å². The SMILES string of the molecule is Cc1ccc(C(=O)CCC(=O)Nc2ccc(N3CCCS3(=O)=O)cc2)cc1. The van der Waals surface area contributed by atoms with Gasteiger partial charge in [-0.15, -0.1) is 0 Å². The van der Waals surface area contributed by atoms with Crippen LogP contribution in [0.1, 0.15) is 35.2 Å². The summed E-state index contributed by atoms with van der Waals surface area (Å²) in [5.41, 5.74) is 2.85. The number of benzene rings is 2. The van der Waals surface area contributed by atoms with Gasteiger partial charge in [-0.05, 0) is 37.6 Å². The Balaban J connectivity index is 1.53. The molecule has 142 valence electrons. The van der Waals surface area contributed by atoms with Crippen LogP contribution >= 0.6 is 0 Å². The molecule has 6 nitrogen and oxygen atoms in total. The van der Waals surface area contributed by atoms with Gasteiger partial charge in [0.2, 0.25) is 15.9 Å². The molecule has 0 bridgehead atoms. The van der Waals surface area contributed by atoms with Crippen LogP contribution in [0, 0.1) is 6.92 Å². The van der Waals surface area contributed by atoms with Gasteiger partial charge in [-0.25, -0.2) is 8.42 Å². The maximum absolute atomic E-state index is 12.1. The molecule has 0 aliphatic carbocycles. The summed E-state index contributed by atoms with van der Waals surface area (Å²) in [5.74, 6) is -0.155. The monoisotopic (exact) mass is 386 g/mol. The number of hydrogen-bond acceptors (Lipinski definition) is 4. The summed E-state index contributed by atoms with van der Waals surface area (Å²) in [5, 5.41) is 2.74. The second kappa shape index (κ2) is 7.92. The van der Waals surface area contributed by atoms with Crippen molar-refractivity contribution in [2.75, 3.05) is 21.9 Å². The molecule has 0 aromatic heterocycles. The van der Waals surface area contributed by atoms with Crippen LogP contribution in [0.15, 0.2) is 48.5 Å². The molecule has 0 unspecified atom stereocenters. The Kier molecular flexibility index (Phi) is 5.60. The lowest BCUT2D eigenvalue weighted by molar-refractivity contribution is -0.116. The van der Waals surface area contributed by atoms with E-state index >= 15 is 0 Å². The largest absolute Gasteiger partial charge is 0.326 e. The topological polar surface area (TPSA) is 83.6 Å². The third-order valence-corrected chi connectivity index (χ3v) is 6.36. The number of anilines is 2. The number of hydrogen-bond donors (Lipinski definition) is 1. The number of nitrogens with zero attached hydrogens (tertiary/aromatic N) is 1. The lowest BCUT2D eigenvalue weighted by Gasteiger charge is -2.17. The van der Waals surface area contributed by atoms with Gasteiger partial charge in [0.25, 0.3) is 0 Å². The minimum absolute atomic E-state index is 0.0697. The molecule has 2 aromatic carbocycles. The number of carbonyl (C=O) groups excluding carboxylic acids is 2. The van der Waals surface area contributed by atoms with Gasteiger partial charge in [0, 0.05) is 30.6 Å². The van der Waals surface area contributed by atoms with E-state index < -0.39 is 10.0 Å². The molecule has 1 aliphatic heterocycles. The molecule has 0 saturated carbocycles. The molecule has 0 spiro atoms. The van der Waals surface area contributed by atoms with Crippen LogP contribution in [0.4, 0.5) is 11.4 Å². The van der Waals surface area contributed by atoms with E-state index in [0.29, 0.717) is 29.9 Å². The van der Waals surface area contributed by atoms with Crippen LogP contribution < -0.4 is 9.62 Å². The molecule has 1 saturated heterocycles. The number of carbonyl (C=O) groups is 2. The molecule has 2 aromatic rings. The molecule has 1 amide bonds. The molecule has 1 fully saturated rings. The molecule has 7 heteroatoms. The standard InChI is InChI=1S/C20H22N2O4S/c1-15-3-5-16(6-4-15)19(23)11-12-20(24)21-17-7-9-18(10-8-17)22-13-2-14-27(22,25)26/h3-10H,2,11-14H2,1H3,(H,21,24). The summed E-state index contributed by atoms with van der Waals surface area (Å²) in [7, 11) is -3.21. The molecule has 1 heterocycles. The van der Waals surface area contributed by atoms with E-state index in [1.165, 1.54) is 4.31 Å². The Bertz CT molecular complexity index is 935. The number of aryl methyl sites for hydroxylation is 1. The maximum atomic E-state index is 12.1. The maximum Gasteiger partial charge on any atom is 0.235 e. The summed E-state index contributed by atoms with van der Waals surface area (Å²) in [4.78, 5) is 24.2. The van der Waals surface area contributed by atoms with Crippen LogP contribution in [0.2, 0.25) is 0 Å². The highest BCUT2D eigenvalue weighted by molar-refractivity contribution is 7.93. The van der Waals surface area contributed by atoms with Gasteiger partial charge < -0.3 is 5.32 Å². The first-order valence-corrected chi connectivity index (χ1v) is 10.5. The van der Waals surface area contributed by atoms with Crippen molar-refractivity contribution in [2.45, 2.75) is 26.2 Å². The van der Waals surface area contributed by atoms with E-state index in [2.05, 4.69) is 5.32 Å². The zero-order valence-corrected chi connectivity index (χ0v) is 16.0. The highest BCUT2D eigenvalue weighted by Gasteiger charge is 2.28. The Morgan fingerprint density at radius 2 is 1.67 bits per heavy atom. The number of nitrogens with one attached hydrogen (secondary N) is 1. The normalized spacial score (nSPS) is 15.5. The van der Waals surface area contributed by atoms with Crippen LogP contribution in [-0.4, -0.2) is 32.4 Å². The molecule has 27 heavy (non-hydrogen) atoms. The van der Waals surface area contributed by atoms with Crippen molar-refractivity contribution in [1.82, 2.24) is 0 Å².